The first kappa shape index (κ1) is 14.2. The number of methoxy groups -OCH3 is 1. The number of para-hydroxylation sites is 2. The third-order valence-electron chi connectivity index (χ3n) is 1.98. The summed E-state index contributed by atoms with van der Waals surface area (Å²) in [5, 5.41) is 0. The molecule has 0 spiro atoms. The highest BCUT2D eigenvalue weighted by atomic mass is 32.2. The molecule has 4 nitrogen and oxygen atoms in total. The molecule has 0 aliphatic rings. The molecular weight excluding hydrogens is 238 g/mol. The van der Waals surface area contributed by atoms with Crippen molar-refractivity contribution in [1.82, 2.24) is 0 Å². The lowest BCUT2D eigenvalue weighted by atomic mass is 10.3. The third-order valence-corrected chi connectivity index (χ3v) is 3.50. The molecule has 0 aliphatic carbocycles. The van der Waals surface area contributed by atoms with Crippen LogP contribution in [0.5, 0.6) is 5.75 Å². The summed E-state index contributed by atoms with van der Waals surface area (Å²) in [5.74, 6) is 0.631. The summed E-state index contributed by atoms with van der Waals surface area (Å²) in [6.07, 6.45) is 0. The van der Waals surface area contributed by atoms with Crippen LogP contribution in [0.2, 0.25) is 0 Å². The van der Waals surface area contributed by atoms with Crippen LogP contribution >= 0.6 is 0 Å². The van der Waals surface area contributed by atoms with E-state index in [4.69, 9.17) is 9.47 Å². The van der Waals surface area contributed by atoms with Crippen molar-refractivity contribution in [1.29, 1.82) is 0 Å². The second kappa shape index (κ2) is 6.14. The van der Waals surface area contributed by atoms with Crippen LogP contribution in [-0.2, 0) is 16.1 Å². The van der Waals surface area contributed by atoms with Crippen LogP contribution in [0.4, 0.5) is 5.69 Å². The third kappa shape index (κ3) is 4.46. The van der Waals surface area contributed by atoms with Crippen molar-refractivity contribution in [2.75, 3.05) is 18.6 Å². The fraction of sp³-hybridized carbons (Fsp3) is 0.500. The van der Waals surface area contributed by atoms with E-state index in [2.05, 4.69) is 4.72 Å². The van der Waals surface area contributed by atoms with Gasteiger partial charge in [-0.1, -0.05) is 12.1 Å². The van der Waals surface area contributed by atoms with Gasteiger partial charge < -0.3 is 14.0 Å². The zero-order chi connectivity index (χ0) is 12.9. The Morgan fingerprint density at radius 1 is 1.29 bits per heavy atom. The molecule has 1 aromatic rings. The van der Waals surface area contributed by atoms with E-state index in [0.717, 1.165) is 0 Å². The van der Waals surface area contributed by atoms with Gasteiger partial charge in [0.1, 0.15) is 16.2 Å². The molecule has 0 fully saturated rings. The Morgan fingerprint density at radius 3 is 2.53 bits per heavy atom. The van der Waals surface area contributed by atoms with Crippen LogP contribution in [-0.4, -0.2) is 23.2 Å². The lowest BCUT2D eigenvalue weighted by Crippen LogP contribution is -2.33. The van der Waals surface area contributed by atoms with E-state index in [1.807, 2.05) is 39.0 Å². The van der Waals surface area contributed by atoms with Gasteiger partial charge in [-0.2, -0.15) is 0 Å². The maximum atomic E-state index is 12.0. The Balaban J connectivity index is 2.76. The Bertz CT molecular complexity index is 352. The van der Waals surface area contributed by atoms with Gasteiger partial charge in [-0.05, 0) is 32.9 Å². The van der Waals surface area contributed by atoms with Crippen molar-refractivity contribution >= 4 is 17.0 Å². The van der Waals surface area contributed by atoms with E-state index in [1.54, 1.807) is 13.2 Å². The zero-order valence-corrected chi connectivity index (χ0v) is 11.5. The quantitative estimate of drug-likeness (QED) is 0.650. The first-order valence-corrected chi connectivity index (χ1v) is 6.49. The number of benzene rings is 1. The SMILES string of the molecule is COCOc1ccccc1N[S+]([O-])C(C)(C)C. The molecule has 96 valence electrons. The van der Waals surface area contributed by atoms with Crippen molar-refractivity contribution in [2.24, 2.45) is 0 Å². The highest BCUT2D eigenvalue weighted by Crippen LogP contribution is 2.27. The van der Waals surface area contributed by atoms with Gasteiger partial charge in [-0.25, -0.2) is 4.72 Å². The molecule has 5 heteroatoms. The molecule has 1 rings (SSSR count). The molecule has 0 saturated heterocycles. The summed E-state index contributed by atoms with van der Waals surface area (Å²) < 4.78 is 24.8. The van der Waals surface area contributed by atoms with Gasteiger partial charge in [0, 0.05) is 7.11 Å². The summed E-state index contributed by atoms with van der Waals surface area (Å²) in [7, 11) is 1.56. The zero-order valence-electron chi connectivity index (χ0n) is 10.6. The minimum Gasteiger partial charge on any atom is -0.593 e. The smallest absolute Gasteiger partial charge is 0.188 e. The molecule has 0 radical (unpaired) electrons. The summed E-state index contributed by atoms with van der Waals surface area (Å²) in [6.45, 7) is 5.90. The molecule has 1 aromatic carbocycles. The van der Waals surface area contributed by atoms with Gasteiger partial charge in [-0.3, -0.25) is 0 Å². The fourth-order valence-electron chi connectivity index (χ4n) is 1.05. The Labute approximate surface area is 106 Å². The predicted molar refractivity (Wildman–Crippen MR) is 70.5 cm³/mol. The second-order valence-electron chi connectivity index (χ2n) is 4.53. The molecule has 1 N–H and O–H groups in total. The summed E-state index contributed by atoms with van der Waals surface area (Å²) in [4.78, 5) is 0. The first-order chi connectivity index (χ1) is 7.95. The van der Waals surface area contributed by atoms with Gasteiger partial charge in [0.2, 0.25) is 0 Å². The maximum absolute atomic E-state index is 12.0. The summed E-state index contributed by atoms with van der Waals surface area (Å²) >= 11 is -1.17. The molecule has 0 aliphatic heterocycles. The van der Waals surface area contributed by atoms with Gasteiger partial charge >= 0.3 is 0 Å². The topological polar surface area (TPSA) is 53.5 Å². The highest BCUT2D eigenvalue weighted by Gasteiger charge is 2.27. The molecule has 17 heavy (non-hydrogen) atoms. The van der Waals surface area contributed by atoms with E-state index < -0.39 is 11.4 Å². The minimum absolute atomic E-state index is 0.168. The second-order valence-corrected chi connectivity index (χ2v) is 6.50. The lowest BCUT2D eigenvalue weighted by molar-refractivity contribution is 0.0516. The van der Waals surface area contributed by atoms with E-state index >= 15 is 0 Å². The van der Waals surface area contributed by atoms with Crippen molar-refractivity contribution in [2.45, 2.75) is 25.5 Å². The number of anilines is 1. The highest BCUT2D eigenvalue weighted by molar-refractivity contribution is 7.94. The molecule has 0 bridgehead atoms. The van der Waals surface area contributed by atoms with Crippen LogP contribution in [0.3, 0.4) is 0 Å². The number of nitrogens with one attached hydrogen (secondary N) is 1. The summed E-state index contributed by atoms with van der Waals surface area (Å²) in [5.41, 5.74) is 0.706. The number of hydrogen-bond donors (Lipinski definition) is 1. The van der Waals surface area contributed by atoms with Crippen LogP contribution in [0.15, 0.2) is 24.3 Å². The average Bonchev–Trinajstić information content (AvgIpc) is 2.26. The van der Waals surface area contributed by atoms with Crippen molar-refractivity contribution in [3.05, 3.63) is 24.3 Å². The molecule has 0 saturated carbocycles. The average molecular weight is 257 g/mol. The van der Waals surface area contributed by atoms with Crippen molar-refractivity contribution < 1.29 is 14.0 Å². The Morgan fingerprint density at radius 2 is 1.94 bits per heavy atom. The van der Waals surface area contributed by atoms with Crippen LogP contribution in [0.25, 0.3) is 0 Å². The standard InChI is InChI=1S/C12H19NO3S/c1-12(2,3)17(14)13-10-7-5-6-8-11(10)16-9-15-4/h5-8,13H,9H2,1-4H3. The van der Waals surface area contributed by atoms with E-state index in [9.17, 15) is 4.55 Å². The largest absolute Gasteiger partial charge is 0.593 e. The number of ether oxygens (including phenoxy) is 2. The predicted octanol–water partition coefficient (Wildman–Crippen LogP) is 2.54. The first-order valence-electron chi connectivity index (χ1n) is 5.34. The minimum atomic E-state index is -1.17. The normalized spacial score (nSPS) is 13.2. The molecule has 1 unspecified atom stereocenters. The Kier molecular flexibility index (Phi) is 5.11. The van der Waals surface area contributed by atoms with E-state index in [0.29, 0.717) is 11.4 Å². The fourth-order valence-corrected chi connectivity index (χ4v) is 1.73. The van der Waals surface area contributed by atoms with Gasteiger partial charge in [0.15, 0.2) is 6.79 Å². The maximum Gasteiger partial charge on any atom is 0.188 e. The van der Waals surface area contributed by atoms with Gasteiger partial charge in [0.05, 0.1) is 11.4 Å². The van der Waals surface area contributed by atoms with Crippen molar-refractivity contribution in [3.8, 4) is 5.75 Å². The molecular formula is C12H19NO3S. The van der Waals surface area contributed by atoms with E-state index in [1.165, 1.54) is 0 Å². The van der Waals surface area contributed by atoms with E-state index in [-0.39, 0.29) is 11.5 Å². The van der Waals surface area contributed by atoms with Gasteiger partial charge in [-0.15, -0.1) is 0 Å². The van der Waals surface area contributed by atoms with Crippen LogP contribution in [0, 0.1) is 0 Å². The summed E-state index contributed by atoms with van der Waals surface area (Å²) in [6, 6.07) is 7.36. The molecule has 0 amide bonds. The lowest BCUT2D eigenvalue weighted by Gasteiger charge is -2.24. The molecule has 0 aromatic heterocycles. The number of hydrogen-bond acceptors (Lipinski definition) is 4. The Hall–Kier alpha value is -0.910. The monoisotopic (exact) mass is 257 g/mol. The van der Waals surface area contributed by atoms with Crippen LogP contribution in [0.1, 0.15) is 20.8 Å². The number of rotatable bonds is 5. The van der Waals surface area contributed by atoms with Gasteiger partial charge in [0.25, 0.3) is 0 Å². The molecule has 1 atom stereocenters. The molecule has 0 heterocycles. The van der Waals surface area contributed by atoms with Crippen LogP contribution < -0.4 is 9.46 Å². The van der Waals surface area contributed by atoms with Crippen molar-refractivity contribution in [3.63, 3.8) is 0 Å².